The number of nitrogens with zero attached hydrogens (tertiary/aromatic N) is 1. The zero-order valence-electron chi connectivity index (χ0n) is 9.61. The van der Waals surface area contributed by atoms with E-state index < -0.39 is 5.97 Å². The van der Waals surface area contributed by atoms with E-state index >= 15 is 0 Å². The molecular weight excluding hydrogens is 194 g/mol. The van der Waals surface area contributed by atoms with Gasteiger partial charge in [-0.2, -0.15) is 0 Å². The normalized spacial score (nSPS) is 21.5. The van der Waals surface area contributed by atoms with Crippen LogP contribution >= 0.6 is 0 Å². The number of rotatable bonds is 5. The van der Waals surface area contributed by atoms with Crippen molar-refractivity contribution in [3.8, 4) is 0 Å². The maximum Gasteiger partial charge on any atom is 0.303 e. The fraction of sp³-hybridized carbons (Fsp3) is 0.909. The lowest BCUT2D eigenvalue weighted by Gasteiger charge is -2.35. The van der Waals surface area contributed by atoms with Crippen LogP contribution in [0.5, 0.6) is 0 Å². The molecule has 4 nitrogen and oxygen atoms in total. The molecule has 0 aliphatic carbocycles. The minimum atomic E-state index is -0.700. The van der Waals surface area contributed by atoms with E-state index in [1.54, 1.807) is 7.11 Å². The highest BCUT2D eigenvalue weighted by Crippen LogP contribution is 2.17. The highest BCUT2D eigenvalue weighted by molar-refractivity contribution is 5.66. The number of aliphatic carboxylic acids is 1. The molecule has 1 aliphatic rings. The first-order valence-electron chi connectivity index (χ1n) is 5.62. The predicted octanol–water partition coefficient (Wildman–Crippen LogP) is 1.35. The number of hydrogen-bond donors (Lipinski definition) is 1. The van der Waals surface area contributed by atoms with Crippen LogP contribution in [0, 0.1) is 0 Å². The number of carboxylic acids is 1. The van der Waals surface area contributed by atoms with Crippen LogP contribution in [0.25, 0.3) is 0 Å². The van der Waals surface area contributed by atoms with Gasteiger partial charge in [0, 0.05) is 32.7 Å². The van der Waals surface area contributed by atoms with Gasteiger partial charge in [0.05, 0.1) is 6.10 Å². The number of hydrogen-bond acceptors (Lipinski definition) is 3. The fourth-order valence-corrected chi connectivity index (χ4v) is 2.07. The molecule has 1 aliphatic heterocycles. The summed E-state index contributed by atoms with van der Waals surface area (Å²) < 4.78 is 5.30. The molecule has 0 radical (unpaired) electrons. The average molecular weight is 215 g/mol. The van der Waals surface area contributed by atoms with Gasteiger partial charge in [-0.1, -0.05) is 0 Å². The number of ether oxygens (including phenoxy) is 1. The van der Waals surface area contributed by atoms with E-state index in [0.29, 0.717) is 12.1 Å². The Bertz CT molecular complexity index is 200. The van der Waals surface area contributed by atoms with E-state index in [9.17, 15) is 4.79 Å². The monoisotopic (exact) mass is 215 g/mol. The van der Waals surface area contributed by atoms with Crippen molar-refractivity contribution in [1.29, 1.82) is 0 Å². The summed E-state index contributed by atoms with van der Waals surface area (Å²) in [4.78, 5) is 12.8. The van der Waals surface area contributed by atoms with Gasteiger partial charge < -0.3 is 14.7 Å². The minimum Gasteiger partial charge on any atom is -0.481 e. The Kier molecular flexibility index (Phi) is 5.05. The van der Waals surface area contributed by atoms with Crippen LogP contribution in [0.1, 0.15) is 32.6 Å². The maximum atomic E-state index is 10.4. The molecule has 1 saturated heterocycles. The maximum absolute atomic E-state index is 10.4. The molecule has 1 heterocycles. The van der Waals surface area contributed by atoms with Gasteiger partial charge in [-0.3, -0.25) is 4.79 Å². The van der Waals surface area contributed by atoms with Gasteiger partial charge in [0.25, 0.3) is 0 Å². The summed E-state index contributed by atoms with van der Waals surface area (Å²) >= 11 is 0. The van der Waals surface area contributed by atoms with Gasteiger partial charge in [-0.25, -0.2) is 0 Å². The van der Waals surface area contributed by atoms with Gasteiger partial charge >= 0.3 is 5.97 Å². The second-order valence-corrected chi connectivity index (χ2v) is 4.25. The Morgan fingerprint density at radius 1 is 1.53 bits per heavy atom. The summed E-state index contributed by atoms with van der Waals surface area (Å²) in [5.41, 5.74) is 0. The fourth-order valence-electron chi connectivity index (χ4n) is 2.07. The first-order valence-corrected chi connectivity index (χ1v) is 5.62. The van der Waals surface area contributed by atoms with E-state index in [2.05, 4.69) is 11.8 Å². The van der Waals surface area contributed by atoms with Crippen LogP contribution < -0.4 is 0 Å². The highest BCUT2D eigenvalue weighted by Gasteiger charge is 2.22. The molecule has 0 aromatic rings. The number of methoxy groups -OCH3 is 1. The lowest BCUT2D eigenvalue weighted by atomic mass is 10.0. The molecule has 0 aromatic heterocycles. The van der Waals surface area contributed by atoms with Gasteiger partial charge in [0.15, 0.2) is 0 Å². The number of carbonyl (C=O) groups is 1. The van der Waals surface area contributed by atoms with E-state index in [1.165, 1.54) is 0 Å². The molecule has 1 rings (SSSR count). The summed E-state index contributed by atoms with van der Waals surface area (Å²) in [7, 11) is 1.76. The molecule has 0 spiro atoms. The SMILES string of the molecule is COC1CCN(C(C)CCC(=O)O)CC1. The van der Waals surface area contributed by atoms with Gasteiger partial charge in [0.1, 0.15) is 0 Å². The van der Waals surface area contributed by atoms with Crippen molar-refractivity contribution in [3.05, 3.63) is 0 Å². The smallest absolute Gasteiger partial charge is 0.303 e. The molecule has 0 bridgehead atoms. The summed E-state index contributed by atoms with van der Waals surface area (Å²) in [5.74, 6) is -0.700. The summed E-state index contributed by atoms with van der Waals surface area (Å²) in [6, 6.07) is 0.374. The lowest BCUT2D eigenvalue weighted by Crippen LogP contribution is -2.42. The van der Waals surface area contributed by atoms with Gasteiger partial charge in [-0.15, -0.1) is 0 Å². The first-order chi connectivity index (χ1) is 7.13. The topological polar surface area (TPSA) is 49.8 Å². The van der Waals surface area contributed by atoms with Crippen molar-refractivity contribution in [2.45, 2.75) is 44.8 Å². The zero-order chi connectivity index (χ0) is 11.3. The summed E-state index contributed by atoms with van der Waals surface area (Å²) in [6.45, 7) is 4.16. The lowest BCUT2D eigenvalue weighted by molar-refractivity contribution is -0.137. The third-order valence-electron chi connectivity index (χ3n) is 3.21. The number of likely N-dealkylation sites (tertiary alicyclic amines) is 1. The molecule has 1 fully saturated rings. The Morgan fingerprint density at radius 2 is 2.13 bits per heavy atom. The van der Waals surface area contributed by atoms with Crippen molar-refractivity contribution in [2.24, 2.45) is 0 Å². The van der Waals surface area contributed by atoms with Crippen molar-refractivity contribution >= 4 is 5.97 Å². The number of piperidine rings is 1. The molecule has 15 heavy (non-hydrogen) atoms. The molecule has 4 heteroatoms. The van der Waals surface area contributed by atoms with Crippen LogP contribution in [0.2, 0.25) is 0 Å². The second-order valence-electron chi connectivity index (χ2n) is 4.25. The molecular formula is C11H21NO3. The van der Waals surface area contributed by atoms with E-state index in [4.69, 9.17) is 9.84 Å². The minimum absolute atomic E-state index is 0.269. The Morgan fingerprint density at radius 3 is 2.60 bits per heavy atom. The van der Waals surface area contributed by atoms with Crippen LogP contribution in [-0.4, -0.2) is 48.3 Å². The molecule has 1 unspecified atom stereocenters. The third-order valence-corrected chi connectivity index (χ3v) is 3.21. The third kappa shape index (κ3) is 4.18. The number of carboxylic acid groups (broad SMARTS) is 1. The average Bonchev–Trinajstić information content (AvgIpc) is 2.26. The Balaban J connectivity index is 2.23. The van der Waals surface area contributed by atoms with E-state index in [1.807, 2.05) is 0 Å². The van der Waals surface area contributed by atoms with E-state index in [0.717, 1.165) is 32.4 Å². The van der Waals surface area contributed by atoms with Crippen LogP contribution in [0.4, 0.5) is 0 Å². The largest absolute Gasteiger partial charge is 0.481 e. The molecule has 1 N–H and O–H groups in total. The molecule has 0 aromatic carbocycles. The second kappa shape index (κ2) is 6.08. The highest BCUT2D eigenvalue weighted by atomic mass is 16.5. The Hall–Kier alpha value is -0.610. The Labute approximate surface area is 91.2 Å². The standard InChI is InChI=1S/C11H21NO3/c1-9(3-4-11(13)14)12-7-5-10(15-2)6-8-12/h9-10H,3-8H2,1-2H3,(H,13,14). The van der Waals surface area contributed by atoms with Crippen LogP contribution in [-0.2, 0) is 9.53 Å². The van der Waals surface area contributed by atoms with Gasteiger partial charge in [-0.05, 0) is 26.2 Å². The van der Waals surface area contributed by atoms with Crippen LogP contribution in [0.3, 0.4) is 0 Å². The first kappa shape index (κ1) is 12.5. The quantitative estimate of drug-likeness (QED) is 0.752. The molecule has 0 amide bonds. The van der Waals surface area contributed by atoms with Crippen molar-refractivity contribution in [3.63, 3.8) is 0 Å². The molecule has 1 atom stereocenters. The summed E-state index contributed by atoms with van der Waals surface area (Å²) in [6.07, 6.45) is 3.54. The van der Waals surface area contributed by atoms with Crippen molar-refractivity contribution < 1.29 is 14.6 Å². The molecule has 0 saturated carbocycles. The predicted molar refractivity (Wildman–Crippen MR) is 57.9 cm³/mol. The van der Waals surface area contributed by atoms with Crippen LogP contribution in [0.15, 0.2) is 0 Å². The molecule has 88 valence electrons. The van der Waals surface area contributed by atoms with Gasteiger partial charge in [0.2, 0.25) is 0 Å². The van der Waals surface area contributed by atoms with Crippen molar-refractivity contribution in [2.75, 3.05) is 20.2 Å². The van der Waals surface area contributed by atoms with Crippen molar-refractivity contribution in [1.82, 2.24) is 4.90 Å². The van der Waals surface area contributed by atoms with E-state index in [-0.39, 0.29) is 6.42 Å². The zero-order valence-corrected chi connectivity index (χ0v) is 9.61. The summed E-state index contributed by atoms with van der Waals surface area (Å²) in [5, 5.41) is 8.60.